The lowest BCUT2D eigenvalue weighted by molar-refractivity contribution is -0.158. The second kappa shape index (κ2) is 15.0. The van der Waals surface area contributed by atoms with Crippen LogP contribution in [0.2, 0.25) is 0 Å². The zero-order valence-corrected chi connectivity index (χ0v) is 22.4. The fraction of sp³-hybridized carbons (Fsp3) is 0.867. The third kappa shape index (κ3) is 9.55. The number of unbranched alkanes of at least 4 members (excludes halogenated alkanes) is 2. The minimum atomic E-state index is -0.376. The number of carbonyl (C=O) groups excluding carboxylic acids is 2. The van der Waals surface area contributed by atoms with Gasteiger partial charge in [-0.1, -0.05) is 52.0 Å². The lowest BCUT2D eigenvalue weighted by Gasteiger charge is -2.38. The minimum Gasteiger partial charge on any atom is -0.462 e. The summed E-state index contributed by atoms with van der Waals surface area (Å²) in [6, 6.07) is 0. The third-order valence-electron chi connectivity index (χ3n) is 8.80. The van der Waals surface area contributed by atoms with Crippen LogP contribution in [-0.2, 0) is 23.8 Å². The summed E-state index contributed by atoms with van der Waals surface area (Å²) in [7, 11) is 0. The Labute approximate surface area is 213 Å². The molecule has 0 radical (unpaired) electrons. The molecule has 0 unspecified atom stereocenters. The van der Waals surface area contributed by atoms with Crippen LogP contribution in [-0.4, -0.2) is 37.4 Å². The standard InChI is InChI=1S/C30H50O5/c1-4-5-6-7-23-8-10-24(11-9-23)25-12-18-28(19-13-25)35-30(32)26-14-16-27(17-15-26)33-20-21-34-29(31)22(2)3/h23-28H,2,4-21H2,1,3H3. The summed E-state index contributed by atoms with van der Waals surface area (Å²) in [4.78, 5) is 24.2. The molecule has 0 aliphatic heterocycles. The first-order valence-corrected chi connectivity index (χ1v) is 14.6. The summed E-state index contributed by atoms with van der Waals surface area (Å²) in [6.07, 6.45) is 19.5. The predicted molar refractivity (Wildman–Crippen MR) is 139 cm³/mol. The molecule has 0 heterocycles. The smallest absolute Gasteiger partial charge is 0.333 e. The largest absolute Gasteiger partial charge is 0.462 e. The van der Waals surface area contributed by atoms with Crippen LogP contribution in [0.3, 0.4) is 0 Å². The van der Waals surface area contributed by atoms with Crippen LogP contribution in [0.15, 0.2) is 12.2 Å². The molecule has 0 atom stereocenters. The minimum absolute atomic E-state index is 0.00914. The van der Waals surface area contributed by atoms with Crippen LogP contribution >= 0.6 is 0 Å². The van der Waals surface area contributed by atoms with Crippen molar-refractivity contribution < 1.29 is 23.8 Å². The van der Waals surface area contributed by atoms with Crippen molar-refractivity contribution >= 4 is 11.9 Å². The Kier molecular flexibility index (Phi) is 12.1. The fourth-order valence-corrected chi connectivity index (χ4v) is 6.51. The van der Waals surface area contributed by atoms with E-state index in [1.807, 2.05) is 0 Å². The molecule has 0 saturated heterocycles. The first-order valence-electron chi connectivity index (χ1n) is 14.6. The molecule has 5 heteroatoms. The highest BCUT2D eigenvalue weighted by atomic mass is 16.6. The van der Waals surface area contributed by atoms with E-state index in [2.05, 4.69) is 13.5 Å². The summed E-state index contributed by atoms with van der Waals surface area (Å²) in [6.45, 7) is 8.13. The van der Waals surface area contributed by atoms with E-state index in [9.17, 15) is 9.59 Å². The highest BCUT2D eigenvalue weighted by Crippen LogP contribution is 2.42. The average molecular weight is 491 g/mol. The summed E-state index contributed by atoms with van der Waals surface area (Å²) in [5.74, 6) is 2.39. The number of hydrogen-bond donors (Lipinski definition) is 0. The van der Waals surface area contributed by atoms with Gasteiger partial charge in [0.1, 0.15) is 12.7 Å². The van der Waals surface area contributed by atoms with Crippen molar-refractivity contribution in [3.05, 3.63) is 12.2 Å². The second-order valence-corrected chi connectivity index (χ2v) is 11.5. The zero-order chi connectivity index (χ0) is 25.0. The average Bonchev–Trinajstić information content (AvgIpc) is 2.88. The summed E-state index contributed by atoms with van der Waals surface area (Å²) in [5.41, 5.74) is 0.401. The lowest BCUT2D eigenvalue weighted by atomic mass is 9.70. The Morgan fingerprint density at radius 1 is 0.771 bits per heavy atom. The van der Waals surface area contributed by atoms with Crippen molar-refractivity contribution in [2.75, 3.05) is 13.2 Å². The normalized spacial score (nSPS) is 31.5. The molecule has 5 nitrogen and oxygen atoms in total. The van der Waals surface area contributed by atoms with Crippen LogP contribution in [0.5, 0.6) is 0 Å². The maximum atomic E-state index is 12.8. The molecule has 0 spiro atoms. The molecule has 0 aromatic carbocycles. The molecule has 0 N–H and O–H groups in total. The number of hydrogen-bond acceptors (Lipinski definition) is 5. The van der Waals surface area contributed by atoms with E-state index < -0.39 is 0 Å². The first kappa shape index (κ1) is 28.2. The maximum Gasteiger partial charge on any atom is 0.333 e. The quantitative estimate of drug-likeness (QED) is 0.165. The zero-order valence-electron chi connectivity index (χ0n) is 22.4. The van der Waals surface area contributed by atoms with Gasteiger partial charge in [0.25, 0.3) is 0 Å². The third-order valence-corrected chi connectivity index (χ3v) is 8.80. The van der Waals surface area contributed by atoms with Crippen molar-refractivity contribution in [1.82, 2.24) is 0 Å². The summed E-state index contributed by atoms with van der Waals surface area (Å²) >= 11 is 0. The number of ether oxygens (including phenoxy) is 3. The Bertz CT molecular complexity index is 650. The van der Waals surface area contributed by atoms with Gasteiger partial charge in [0, 0.05) is 5.57 Å². The van der Waals surface area contributed by atoms with Gasteiger partial charge in [0.2, 0.25) is 0 Å². The summed E-state index contributed by atoms with van der Waals surface area (Å²) < 4.78 is 16.9. The summed E-state index contributed by atoms with van der Waals surface area (Å²) in [5, 5.41) is 0. The van der Waals surface area contributed by atoms with Gasteiger partial charge < -0.3 is 14.2 Å². The molecule has 0 aromatic rings. The van der Waals surface area contributed by atoms with Gasteiger partial charge in [0.05, 0.1) is 18.6 Å². The van der Waals surface area contributed by atoms with Crippen molar-refractivity contribution in [1.29, 1.82) is 0 Å². The highest BCUT2D eigenvalue weighted by Gasteiger charge is 2.34. The van der Waals surface area contributed by atoms with Crippen molar-refractivity contribution in [3.8, 4) is 0 Å². The Morgan fingerprint density at radius 3 is 1.97 bits per heavy atom. The van der Waals surface area contributed by atoms with Crippen LogP contribution in [0.1, 0.15) is 117 Å². The van der Waals surface area contributed by atoms with Crippen LogP contribution in [0.4, 0.5) is 0 Å². The molecule has 0 bridgehead atoms. The van der Waals surface area contributed by atoms with E-state index in [1.165, 1.54) is 64.2 Å². The second-order valence-electron chi connectivity index (χ2n) is 11.5. The molecular formula is C30H50O5. The topological polar surface area (TPSA) is 61.8 Å². The molecule has 35 heavy (non-hydrogen) atoms. The van der Waals surface area contributed by atoms with E-state index in [0.29, 0.717) is 12.2 Å². The van der Waals surface area contributed by atoms with Crippen LogP contribution in [0.25, 0.3) is 0 Å². The molecule has 3 aliphatic rings. The molecule has 3 fully saturated rings. The van der Waals surface area contributed by atoms with Crippen LogP contribution in [0, 0.1) is 23.7 Å². The molecule has 3 saturated carbocycles. The van der Waals surface area contributed by atoms with E-state index in [4.69, 9.17) is 14.2 Å². The van der Waals surface area contributed by atoms with Crippen molar-refractivity contribution in [3.63, 3.8) is 0 Å². The van der Waals surface area contributed by atoms with Crippen molar-refractivity contribution in [2.24, 2.45) is 23.7 Å². The van der Waals surface area contributed by atoms with Gasteiger partial charge in [-0.05, 0) is 88.9 Å². The highest BCUT2D eigenvalue weighted by molar-refractivity contribution is 5.86. The molecule has 3 aliphatic carbocycles. The molecule has 0 amide bonds. The Morgan fingerprint density at radius 2 is 1.37 bits per heavy atom. The SMILES string of the molecule is C=C(C)C(=O)OCCOC1CCC(C(=O)OC2CCC(C3CCC(CCCCC)CC3)CC2)CC1. The van der Waals surface area contributed by atoms with E-state index in [0.717, 1.165) is 56.3 Å². The number of rotatable bonds is 12. The van der Waals surface area contributed by atoms with Gasteiger partial charge in [0.15, 0.2) is 0 Å². The van der Waals surface area contributed by atoms with E-state index in [1.54, 1.807) is 6.92 Å². The monoisotopic (exact) mass is 490 g/mol. The fourth-order valence-electron chi connectivity index (χ4n) is 6.51. The predicted octanol–water partition coefficient (Wildman–Crippen LogP) is 7.17. The Hall–Kier alpha value is -1.36. The van der Waals surface area contributed by atoms with Gasteiger partial charge in [-0.25, -0.2) is 4.79 Å². The van der Waals surface area contributed by atoms with Gasteiger partial charge in [-0.2, -0.15) is 0 Å². The molecule has 200 valence electrons. The maximum absolute atomic E-state index is 12.8. The van der Waals surface area contributed by atoms with Gasteiger partial charge >= 0.3 is 11.9 Å². The van der Waals surface area contributed by atoms with E-state index >= 15 is 0 Å². The number of esters is 2. The van der Waals surface area contributed by atoms with Gasteiger partial charge in [-0.3, -0.25) is 4.79 Å². The first-order chi connectivity index (χ1) is 17.0. The lowest BCUT2D eigenvalue weighted by Crippen LogP contribution is -2.33. The van der Waals surface area contributed by atoms with E-state index in [-0.39, 0.29) is 36.7 Å². The molecular weight excluding hydrogens is 440 g/mol. The molecule has 0 aromatic heterocycles. The van der Waals surface area contributed by atoms with Crippen molar-refractivity contribution in [2.45, 2.75) is 129 Å². The van der Waals surface area contributed by atoms with Crippen LogP contribution < -0.4 is 0 Å². The Balaban J connectivity index is 1.25. The number of carbonyl (C=O) groups is 2. The van der Waals surface area contributed by atoms with Gasteiger partial charge in [-0.15, -0.1) is 0 Å². The molecule has 3 rings (SSSR count).